The number of hydrogen-bond donors (Lipinski definition) is 0. The van der Waals surface area contributed by atoms with E-state index < -0.39 is 0 Å². The van der Waals surface area contributed by atoms with Crippen LogP contribution in [0.2, 0.25) is 0 Å². The number of likely N-dealkylation sites (N-methyl/N-ethyl adjacent to an activating group) is 1. The summed E-state index contributed by atoms with van der Waals surface area (Å²) in [7, 11) is 3.40. The van der Waals surface area contributed by atoms with Crippen LogP contribution in [0.3, 0.4) is 0 Å². The number of hydrogen-bond acceptors (Lipinski definition) is 3. The monoisotopic (exact) mass is 329 g/mol. The summed E-state index contributed by atoms with van der Waals surface area (Å²) >= 11 is 0. The van der Waals surface area contributed by atoms with Gasteiger partial charge in [0.2, 0.25) is 0 Å². The molecule has 0 aromatic heterocycles. The molecule has 2 aromatic rings. The van der Waals surface area contributed by atoms with Crippen molar-refractivity contribution in [1.29, 1.82) is 0 Å². The standard InChI is InChI=1S/C18H21NO3.C2H6/c1-14-6-4-5-7-17(14)22-13-18(20)19(2)12-15-8-10-16(21-3)11-9-15;1-2/h4-11H,12-13H2,1-3H3;1-2H3. The molecule has 0 fully saturated rings. The number of benzene rings is 2. The predicted octanol–water partition coefficient (Wildman–Crippen LogP) is 4.07. The fourth-order valence-corrected chi connectivity index (χ4v) is 2.06. The van der Waals surface area contributed by atoms with Gasteiger partial charge in [0.25, 0.3) is 5.91 Å². The predicted molar refractivity (Wildman–Crippen MR) is 97.5 cm³/mol. The second-order valence-corrected chi connectivity index (χ2v) is 5.15. The van der Waals surface area contributed by atoms with Crippen molar-refractivity contribution in [3.63, 3.8) is 0 Å². The van der Waals surface area contributed by atoms with Crippen LogP contribution in [0.15, 0.2) is 48.5 Å². The average Bonchev–Trinajstić information content (AvgIpc) is 2.63. The molecule has 4 heteroatoms. The Hall–Kier alpha value is -2.49. The number of aryl methyl sites for hydroxylation is 1. The molecule has 130 valence electrons. The Morgan fingerprint density at radius 2 is 1.67 bits per heavy atom. The zero-order valence-electron chi connectivity index (χ0n) is 15.2. The first kappa shape index (κ1) is 19.6. The smallest absolute Gasteiger partial charge is 0.260 e. The molecule has 2 rings (SSSR count). The first-order valence-electron chi connectivity index (χ1n) is 8.15. The third-order valence-electron chi connectivity index (χ3n) is 3.45. The van der Waals surface area contributed by atoms with Gasteiger partial charge in [0.05, 0.1) is 7.11 Å². The molecule has 0 bridgehead atoms. The first-order chi connectivity index (χ1) is 11.6. The van der Waals surface area contributed by atoms with Crippen LogP contribution in [0.5, 0.6) is 11.5 Å². The summed E-state index contributed by atoms with van der Waals surface area (Å²) in [5.41, 5.74) is 2.07. The normalized spacial score (nSPS) is 9.54. The number of carbonyl (C=O) groups excluding carboxylic acids is 1. The molecule has 0 saturated carbocycles. The minimum absolute atomic E-state index is 0.0392. The minimum atomic E-state index is -0.0564. The number of para-hydroxylation sites is 1. The van der Waals surface area contributed by atoms with Crippen molar-refractivity contribution in [3.8, 4) is 11.5 Å². The van der Waals surface area contributed by atoms with Crippen LogP contribution in [-0.2, 0) is 11.3 Å². The van der Waals surface area contributed by atoms with Gasteiger partial charge in [-0.2, -0.15) is 0 Å². The molecule has 0 unspecified atom stereocenters. The lowest BCUT2D eigenvalue weighted by Crippen LogP contribution is -2.31. The average molecular weight is 329 g/mol. The van der Waals surface area contributed by atoms with Gasteiger partial charge in [0.15, 0.2) is 6.61 Å². The van der Waals surface area contributed by atoms with Gasteiger partial charge in [-0.1, -0.05) is 44.2 Å². The third-order valence-corrected chi connectivity index (χ3v) is 3.45. The Balaban J connectivity index is 0.00000139. The Labute approximate surface area is 145 Å². The quantitative estimate of drug-likeness (QED) is 0.802. The molecule has 24 heavy (non-hydrogen) atoms. The van der Waals surface area contributed by atoms with Gasteiger partial charge in [-0.05, 0) is 36.2 Å². The molecular weight excluding hydrogens is 302 g/mol. The van der Waals surface area contributed by atoms with Crippen LogP contribution < -0.4 is 9.47 Å². The van der Waals surface area contributed by atoms with E-state index in [2.05, 4.69) is 0 Å². The SMILES string of the molecule is CC.COc1ccc(CN(C)C(=O)COc2ccccc2C)cc1. The van der Waals surface area contributed by atoms with Crippen LogP contribution in [-0.4, -0.2) is 31.6 Å². The molecule has 0 radical (unpaired) electrons. The highest BCUT2D eigenvalue weighted by atomic mass is 16.5. The summed E-state index contributed by atoms with van der Waals surface area (Å²) in [5, 5.41) is 0. The lowest BCUT2D eigenvalue weighted by molar-refractivity contribution is -0.132. The Morgan fingerprint density at radius 1 is 1.04 bits per heavy atom. The van der Waals surface area contributed by atoms with Crippen LogP contribution in [0, 0.1) is 6.92 Å². The van der Waals surface area contributed by atoms with E-state index in [0.29, 0.717) is 6.54 Å². The number of ether oxygens (including phenoxy) is 2. The molecule has 1 amide bonds. The van der Waals surface area contributed by atoms with Gasteiger partial charge in [0, 0.05) is 13.6 Å². The summed E-state index contributed by atoms with van der Waals surface area (Å²) in [6.45, 7) is 6.54. The van der Waals surface area contributed by atoms with Crippen molar-refractivity contribution in [2.24, 2.45) is 0 Å². The largest absolute Gasteiger partial charge is 0.497 e. The molecule has 0 atom stereocenters. The first-order valence-corrected chi connectivity index (χ1v) is 8.15. The number of nitrogens with zero attached hydrogens (tertiary/aromatic N) is 1. The van der Waals surface area contributed by atoms with Crippen LogP contribution >= 0.6 is 0 Å². The van der Waals surface area contributed by atoms with Gasteiger partial charge in [0.1, 0.15) is 11.5 Å². The van der Waals surface area contributed by atoms with Gasteiger partial charge >= 0.3 is 0 Å². The summed E-state index contributed by atoms with van der Waals surface area (Å²) < 4.78 is 10.7. The number of methoxy groups -OCH3 is 1. The van der Waals surface area contributed by atoms with Gasteiger partial charge < -0.3 is 14.4 Å². The number of rotatable bonds is 6. The maximum Gasteiger partial charge on any atom is 0.260 e. The van der Waals surface area contributed by atoms with Crippen LogP contribution in [0.1, 0.15) is 25.0 Å². The molecule has 4 nitrogen and oxygen atoms in total. The fraction of sp³-hybridized carbons (Fsp3) is 0.350. The Morgan fingerprint density at radius 3 is 2.25 bits per heavy atom. The van der Waals surface area contributed by atoms with E-state index in [1.54, 1.807) is 19.1 Å². The second kappa shape index (κ2) is 10.3. The van der Waals surface area contributed by atoms with Crippen molar-refractivity contribution < 1.29 is 14.3 Å². The van der Waals surface area contributed by atoms with Crippen molar-refractivity contribution in [1.82, 2.24) is 4.90 Å². The van der Waals surface area contributed by atoms with Crippen molar-refractivity contribution in [2.75, 3.05) is 20.8 Å². The van der Waals surface area contributed by atoms with Crippen molar-refractivity contribution >= 4 is 5.91 Å². The molecule has 0 heterocycles. The summed E-state index contributed by atoms with van der Waals surface area (Å²) in [4.78, 5) is 13.8. The van der Waals surface area contributed by atoms with Crippen molar-refractivity contribution in [2.45, 2.75) is 27.3 Å². The lowest BCUT2D eigenvalue weighted by Gasteiger charge is -2.18. The third kappa shape index (κ3) is 5.95. The van der Waals surface area contributed by atoms with Crippen LogP contribution in [0.4, 0.5) is 0 Å². The highest BCUT2D eigenvalue weighted by Gasteiger charge is 2.11. The minimum Gasteiger partial charge on any atom is -0.497 e. The molecule has 0 spiro atoms. The zero-order valence-corrected chi connectivity index (χ0v) is 15.2. The van der Waals surface area contributed by atoms with E-state index in [9.17, 15) is 4.79 Å². The van der Waals surface area contributed by atoms with Gasteiger partial charge in [-0.25, -0.2) is 0 Å². The number of carbonyl (C=O) groups is 1. The van der Waals surface area contributed by atoms with Crippen LogP contribution in [0.25, 0.3) is 0 Å². The summed E-state index contributed by atoms with van der Waals surface area (Å²) in [6.07, 6.45) is 0. The van der Waals surface area contributed by atoms with E-state index in [0.717, 1.165) is 22.6 Å². The van der Waals surface area contributed by atoms with E-state index in [1.165, 1.54) is 0 Å². The summed E-state index contributed by atoms with van der Waals surface area (Å²) in [6, 6.07) is 15.3. The molecular formula is C20H27NO3. The van der Waals surface area contributed by atoms with E-state index in [4.69, 9.17) is 9.47 Å². The maximum absolute atomic E-state index is 12.1. The summed E-state index contributed by atoms with van der Waals surface area (Å²) in [5.74, 6) is 1.49. The maximum atomic E-state index is 12.1. The molecule has 0 aliphatic carbocycles. The topological polar surface area (TPSA) is 38.8 Å². The molecule has 0 aliphatic rings. The Bertz CT molecular complexity index is 623. The second-order valence-electron chi connectivity index (χ2n) is 5.15. The fourth-order valence-electron chi connectivity index (χ4n) is 2.06. The number of amides is 1. The molecule has 0 N–H and O–H groups in total. The zero-order chi connectivity index (χ0) is 17.9. The molecule has 0 aliphatic heterocycles. The molecule has 0 saturated heterocycles. The van der Waals surface area contributed by atoms with Gasteiger partial charge in [-0.15, -0.1) is 0 Å². The van der Waals surface area contributed by atoms with Gasteiger partial charge in [-0.3, -0.25) is 4.79 Å². The highest BCUT2D eigenvalue weighted by molar-refractivity contribution is 5.77. The Kier molecular flexibility index (Phi) is 8.41. The van der Waals surface area contributed by atoms with E-state index in [1.807, 2.05) is 69.3 Å². The van der Waals surface area contributed by atoms with E-state index >= 15 is 0 Å². The lowest BCUT2D eigenvalue weighted by atomic mass is 10.2. The van der Waals surface area contributed by atoms with Crippen molar-refractivity contribution in [3.05, 3.63) is 59.7 Å². The van der Waals surface area contributed by atoms with E-state index in [-0.39, 0.29) is 12.5 Å². The molecule has 2 aromatic carbocycles. The highest BCUT2D eigenvalue weighted by Crippen LogP contribution is 2.16.